The second kappa shape index (κ2) is 5.22. The number of fused-ring (bicyclic) bond motifs is 1. The number of benzene rings is 1. The molecular formula is C15H21BrN2. The Bertz CT molecular complexity index is 421. The Kier molecular flexibility index (Phi) is 3.62. The van der Waals surface area contributed by atoms with Gasteiger partial charge in [0.15, 0.2) is 0 Å². The Morgan fingerprint density at radius 1 is 1.22 bits per heavy atom. The highest BCUT2D eigenvalue weighted by molar-refractivity contribution is 9.10. The van der Waals surface area contributed by atoms with Crippen LogP contribution in [0.5, 0.6) is 0 Å². The molecule has 2 unspecified atom stereocenters. The Morgan fingerprint density at radius 3 is 2.61 bits per heavy atom. The lowest BCUT2D eigenvalue weighted by Crippen LogP contribution is -2.22. The van der Waals surface area contributed by atoms with Crippen molar-refractivity contribution in [3.05, 3.63) is 28.2 Å². The lowest BCUT2D eigenvalue weighted by atomic mass is 10.0. The first-order valence-electron chi connectivity index (χ1n) is 7.01. The average molecular weight is 309 g/mol. The number of hydrogen-bond acceptors (Lipinski definition) is 2. The lowest BCUT2D eigenvalue weighted by Gasteiger charge is -2.23. The molecule has 3 rings (SSSR count). The summed E-state index contributed by atoms with van der Waals surface area (Å²) in [7, 11) is 0. The zero-order valence-corrected chi connectivity index (χ0v) is 12.3. The normalized spacial score (nSPS) is 26.7. The minimum absolute atomic E-state index is 0.731. The summed E-state index contributed by atoms with van der Waals surface area (Å²) in [6.07, 6.45) is 5.29. The number of anilines is 1. The Hall–Kier alpha value is -0.540. The smallest absolute Gasteiger partial charge is 0.0410 e. The van der Waals surface area contributed by atoms with Gasteiger partial charge in [-0.1, -0.05) is 28.4 Å². The highest BCUT2D eigenvalue weighted by Gasteiger charge is 2.36. The number of rotatable bonds is 3. The van der Waals surface area contributed by atoms with Gasteiger partial charge < -0.3 is 10.6 Å². The van der Waals surface area contributed by atoms with Gasteiger partial charge >= 0.3 is 0 Å². The largest absolute Gasteiger partial charge is 0.371 e. The van der Waals surface area contributed by atoms with Gasteiger partial charge in [-0.15, -0.1) is 0 Å². The fraction of sp³-hybridized carbons (Fsp3) is 0.600. The summed E-state index contributed by atoms with van der Waals surface area (Å²) in [5.74, 6) is 1.88. The van der Waals surface area contributed by atoms with Crippen LogP contribution in [0.15, 0.2) is 22.7 Å². The van der Waals surface area contributed by atoms with Crippen molar-refractivity contribution in [2.75, 3.05) is 24.5 Å². The monoisotopic (exact) mass is 308 g/mol. The molecule has 0 radical (unpaired) electrons. The maximum atomic E-state index is 5.73. The summed E-state index contributed by atoms with van der Waals surface area (Å²) in [6.45, 7) is 3.23. The standard InChI is InChI=1S/C15H21BrN2/c16-14-5-4-11(6-7-17)15(8-14)18-9-12-2-1-3-13(12)10-18/h4-5,8,12-13H,1-3,6-7,9-10,17H2. The van der Waals surface area contributed by atoms with Crippen molar-refractivity contribution < 1.29 is 0 Å². The fourth-order valence-electron chi connectivity index (χ4n) is 3.63. The number of nitrogens with zero attached hydrogens (tertiary/aromatic N) is 1. The van der Waals surface area contributed by atoms with Crippen molar-refractivity contribution in [1.29, 1.82) is 0 Å². The summed E-state index contributed by atoms with van der Waals surface area (Å²) in [5, 5.41) is 0. The van der Waals surface area contributed by atoms with Crippen molar-refractivity contribution in [2.24, 2.45) is 17.6 Å². The molecule has 0 aromatic heterocycles. The molecule has 2 N–H and O–H groups in total. The molecule has 1 aliphatic heterocycles. The second-order valence-electron chi connectivity index (χ2n) is 5.67. The lowest BCUT2D eigenvalue weighted by molar-refractivity contribution is 0.494. The highest BCUT2D eigenvalue weighted by Crippen LogP contribution is 2.40. The molecule has 2 fully saturated rings. The van der Waals surface area contributed by atoms with E-state index in [4.69, 9.17) is 5.73 Å². The minimum Gasteiger partial charge on any atom is -0.371 e. The molecular weight excluding hydrogens is 288 g/mol. The van der Waals surface area contributed by atoms with Gasteiger partial charge in [-0.2, -0.15) is 0 Å². The Labute approximate surface area is 118 Å². The summed E-state index contributed by atoms with van der Waals surface area (Å²) in [5.41, 5.74) is 8.54. The molecule has 0 spiro atoms. The molecule has 1 aliphatic carbocycles. The van der Waals surface area contributed by atoms with Crippen molar-refractivity contribution in [3.8, 4) is 0 Å². The van der Waals surface area contributed by atoms with E-state index >= 15 is 0 Å². The third kappa shape index (κ3) is 2.30. The Morgan fingerprint density at radius 2 is 1.94 bits per heavy atom. The number of hydrogen-bond donors (Lipinski definition) is 1. The van der Waals surface area contributed by atoms with Gasteiger partial charge in [-0.25, -0.2) is 0 Å². The van der Waals surface area contributed by atoms with Crippen LogP contribution in [0, 0.1) is 11.8 Å². The molecule has 2 aliphatic rings. The van der Waals surface area contributed by atoms with E-state index in [1.807, 2.05) is 0 Å². The van der Waals surface area contributed by atoms with E-state index in [0.29, 0.717) is 0 Å². The Balaban J connectivity index is 1.85. The van der Waals surface area contributed by atoms with E-state index in [1.54, 1.807) is 0 Å². The summed E-state index contributed by atoms with van der Waals surface area (Å²) in [4.78, 5) is 2.59. The van der Waals surface area contributed by atoms with Gasteiger partial charge in [-0.05, 0) is 55.3 Å². The third-order valence-electron chi connectivity index (χ3n) is 4.53. The van der Waals surface area contributed by atoms with Crippen molar-refractivity contribution in [3.63, 3.8) is 0 Å². The average Bonchev–Trinajstić information content (AvgIpc) is 2.92. The van der Waals surface area contributed by atoms with Crippen LogP contribution >= 0.6 is 15.9 Å². The fourth-order valence-corrected chi connectivity index (χ4v) is 3.98. The van der Waals surface area contributed by atoms with E-state index in [-0.39, 0.29) is 0 Å². The van der Waals surface area contributed by atoms with Gasteiger partial charge in [0.2, 0.25) is 0 Å². The van der Waals surface area contributed by atoms with Crippen LogP contribution in [0.2, 0.25) is 0 Å². The van der Waals surface area contributed by atoms with Crippen LogP contribution in [0.4, 0.5) is 5.69 Å². The molecule has 1 aromatic carbocycles. The predicted molar refractivity (Wildman–Crippen MR) is 79.9 cm³/mol. The highest BCUT2D eigenvalue weighted by atomic mass is 79.9. The van der Waals surface area contributed by atoms with Crippen molar-refractivity contribution in [2.45, 2.75) is 25.7 Å². The molecule has 2 atom stereocenters. The first kappa shape index (κ1) is 12.5. The van der Waals surface area contributed by atoms with Gasteiger partial charge in [0, 0.05) is 23.2 Å². The molecule has 1 heterocycles. The zero-order chi connectivity index (χ0) is 12.5. The zero-order valence-electron chi connectivity index (χ0n) is 10.7. The first-order valence-corrected chi connectivity index (χ1v) is 7.80. The van der Waals surface area contributed by atoms with Crippen LogP contribution in [-0.2, 0) is 6.42 Å². The van der Waals surface area contributed by atoms with Gasteiger partial charge in [0.1, 0.15) is 0 Å². The van der Waals surface area contributed by atoms with E-state index < -0.39 is 0 Å². The topological polar surface area (TPSA) is 29.3 Å². The summed E-state index contributed by atoms with van der Waals surface area (Å²) in [6, 6.07) is 6.62. The van der Waals surface area contributed by atoms with Crippen LogP contribution in [0.1, 0.15) is 24.8 Å². The first-order chi connectivity index (χ1) is 8.78. The van der Waals surface area contributed by atoms with Crippen molar-refractivity contribution in [1.82, 2.24) is 0 Å². The second-order valence-corrected chi connectivity index (χ2v) is 6.58. The maximum Gasteiger partial charge on any atom is 0.0410 e. The van der Waals surface area contributed by atoms with Gasteiger partial charge in [0.05, 0.1) is 0 Å². The molecule has 1 saturated heterocycles. The van der Waals surface area contributed by atoms with Crippen LogP contribution in [0.3, 0.4) is 0 Å². The van der Waals surface area contributed by atoms with Crippen molar-refractivity contribution >= 4 is 21.6 Å². The van der Waals surface area contributed by atoms with E-state index in [0.717, 1.165) is 24.8 Å². The molecule has 2 nitrogen and oxygen atoms in total. The number of nitrogens with two attached hydrogens (primary N) is 1. The molecule has 0 bridgehead atoms. The molecule has 1 aromatic rings. The quantitative estimate of drug-likeness (QED) is 0.929. The maximum absolute atomic E-state index is 5.73. The predicted octanol–water partition coefficient (Wildman–Crippen LogP) is 3.19. The van der Waals surface area contributed by atoms with E-state index in [9.17, 15) is 0 Å². The molecule has 3 heteroatoms. The van der Waals surface area contributed by atoms with Gasteiger partial charge in [-0.3, -0.25) is 0 Å². The molecule has 18 heavy (non-hydrogen) atoms. The summed E-state index contributed by atoms with van der Waals surface area (Å²) >= 11 is 3.60. The molecule has 1 saturated carbocycles. The van der Waals surface area contributed by atoms with Crippen LogP contribution < -0.4 is 10.6 Å². The van der Waals surface area contributed by atoms with E-state index in [1.165, 1.54) is 48.1 Å². The SMILES string of the molecule is NCCc1ccc(Br)cc1N1CC2CCCC2C1. The molecule has 98 valence electrons. The third-order valence-corrected chi connectivity index (χ3v) is 5.02. The minimum atomic E-state index is 0.731. The van der Waals surface area contributed by atoms with Crippen LogP contribution in [-0.4, -0.2) is 19.6 Å². The summed E-state index contributed by atoms with van der Waals surface area (Å²) < 4.78 is 1.18. The van der Waals surface area contributed by atoms with E-state index in [2.05, 4.69) is 39.0 Å². The molecule has 0 amide bonds. The number of halogens is 1. The van der Waals surface area contributed by atoms with Gasteiger partial charge in [0.25, 0.3) is 0 Å². The van der Waals surface area contributed by atoms with Crippen LogP contribution in [0.25, 0.3) is 0 Å².